The third-order valence-corrected chi connectivity index (χ3v) is 2.30. The summed E-state index contributed by atoms with van der Waals surface area (Å²) >= 11 is 0. The van der Waals surface area contributed by atoms with Crippen molar-refractivity contribution in [3.63, 3.8) is 0 Å². The molecule has 1 heterocycles. The van der Waals surface area contributed by atoms with Gasteiger partial charge in [-0.15, -0.1) is 0 Å². The average Bonchev–Trinajstić information content (AvgIpc) is 2.77. The molecule has 96 valence electrons. The van der Waals surface area contributed by atoms with Gasteiger partial charge in [-0.3, -0.25) is 0 Å². The monoisotopic (exact) mass is 256 g/mol. The molecule has 0 bridgehead atoms. The lowest BCUT2D eigenvalue weighted by atomic mass is 10.2. The lowest BCUT2D eigenvalue weighted by molar-refractivity contribution is -0.137. The second kappa shape index (κ2) is 4.77. The third kappa shape index (κ3) is 2.67. The molecule has 1 N–H and O–H groups in total. The van der Waals surface area contributed by atoms with Crippen LogP contribution in [0.2, 0.25) is 0 Å². The maximum absolute atomic E-state index is 12.5. The van der Waals surface area contributed by atoms with E-state index in [-0.39, 0.29) is 5.69 Å². The molecule has 0 radical (unpaired) electrons. The zero-order chi connectivity index (χ0) is 13.2. The van der Waals surface area contributed by atoms with Crippen LogP contribution >= 0.6 is 0 Å². The van der Waals surface area contributed by atoms with E-state index in [4.69, 9.17) is 0 Å². The highest BCUT2D eigenvalue weighted by molar-refractivity contribution is 5.35. The molecule has 2 aromatic rings. The zero-order valence-corrected chi connectivity index (χ0v) is 9.57. The van der Waals surface area contributed by atoms with Crippen molar-refractivity contribution >= 4 is 0 Å². The number of halogens is 3. The fourth-order valence-corrected chi connectivity index (χ4v) is 1.49. The molecule has 0 amide bonds. The summed E-state index contributed by atoms with van der Waals surface area (Å²) in [5, 5.41) is 10.9. The molecule has 0 fully saturated rings. The number of alkyl halides is 3. The highest BCUT2D eigenvalue weighted by Gasteiger charge is 2.30. The van der Waals surface area contributed by atoms with Gasteiger partial charge in [0.2, 0.25) is 0 Å². The Labute approximate surface area is 101 Å². The van der Waals surface area contributed by atoms with Crippen LogP contribution in [-0.4, -0.2) is 22.0 Å². The first-order valence-electron chi connectivity index (χ1n) is 5.24. The van der Waals surface area contributed by atoms with Gasteiger partial charge in [0, 0.05) is 6.54 Å². The van der Waals surface area contributed by atoms with Gasteiger partial charge in [0.15, 0.2) is 0 Å². The van der Waals surface area contributed by atoms with Crippen molar-refractivity contribution < 1.29 is 13.2 Å². The van der Waals surface area contributed by atoms with Crippen LogP contribution in [0.3, 0.4) is 0 Å². The predicted molar refractivity (Wildman–Crippen MR) is 59.1 cm³/mol. The molecule has 0 saturated heterocycles. The van der Waals surface area contributed by atoms with E-state index in [2.05, 4.69) is 15.5 Å². The Kier molecular flexibility index (Phi) is 3.33. The fraction of sp³-hybridized carbons (Fsp3) is 0.273. The van der Waals surface area contributed by atoms with Crippen LogP contribution in [0.1, 0.15) is 11.3 Å². The maximum atomic E-state index is 12.5. The Morgan fingerprint density at radius 3 is 2.78 bits per heavy atom. The first-order valence-corrected chi connectivity index (χ1v) is 5.24. The van der Waals surface area contributed by atoms with E-state index in [1.807, 2.05) is 0 Å². The van der Waals surface area contributed by atoms with E-state index >= 15 is 0 Å². The van der Waals surface area contributed by atoms with Crippen molar-refractivity contribution in [2.24, 2.45) is 0 Å². The Hall–Kier alpha value is -1.89. The molecule has 0 saturated carbocycles. The molecule has 1 aromatic carbocycles. The van der Waals surface area contributed by atoms with Crippen LogP contribution in [0.15, 0.2) is 30.5 Å². The number of aromatic nitrogens is 3. The summed E-state index contributed by atoms with van der Waals surface area (Å²) in [5.74, 6) is 0. The van der Waals surface area contributed by atoms with Crippen molar-refractivity contribution in [1.29, 1.82) is 0 Å². The van der Waals surface area contributed by atoms with Gasteiger partial charge in [0.25, 0.3) is 0 Å². The van der Waals surface area contributed by atoms with E-state index in [0.29, 0.717) is 12.2 Å². The van der Waals surface area contributed by atoms with Gasteiger partial charge in [0.05, 0.1) is 23.1 Å². The van der Waals surface area contributed by atoms with Gasteiger partial charge >= 0.3 is 6.18 Å². The van der Waals surface area contributed by atoms with Crippen molar-refractivity contribution in [1.82, 2.24) is 20.3 Å². The lowest BCUT2D eigenvalue weighted by Crippen LogP contribution is -2.08. The summed E-state index contributed by atoms with van der Waals surface area (Å²) in [4.78, 5) is 1.18. The molecule has 2 rings (SSSR count). The van der Waals surface area contributed by atoms with E-state index < -0.39 is 11.7 Å². The fourth-order valence-electron chi connectivity index (χ4n) is 1.49. The topological polar surface area (TPSA) is 42.7 Å². The molecule has 0 aliphatic heterocycles. The Morgan fingerprint density at radius 1 is 1.33 bits per heavy atom. The maximum Gasteiger partial charge on any atom is 0.416 e. The van der Waals surface area contributed by atoms with Crippen LogP contribution in [0, 0.1) is 0 Å². The molecule has 7 heteroatoms. The Bertz CT molecular complexity index is 533. The quantitative estimate of drug-likeness (QED) is 0.913. The molecule has 0 spiro atoms. The van der Waals surface area contributed by atoms with Crippen LogP contribution in [0.5, 0.6) is 0 Å². The first kappa shape index (κ1) is 12.6. The van der Waals surface area contributed by atoms with Crippen LogP contribution in [-0.2, 0) is 12.7 Å². The Balaban J connectivity index is 2.32. The lowest BCUT2D eigenvalue weighted by Gasteiger charge is -2.07. The highest BCUT2D eigenvalue weighted by Crippen LogP contribution is 2.29. The largest absolute Gasteiger partial charge is 0.416 e. The molecule has 0 aliphatic rings. The number of hydrogen-bond acceptors (Lipinski definition) is 3. The number of nitrogens with zero attached hydrogens (tertiary/aromatic N) is 3. The summed E-state index contributed by atoms with van der Waals surface area (Å²) in [5.41, 5.74) is 0.231. The summed E-state index contributed by atoms with van der Waals surface area (Å²) < 4.78 is 37.6. The molecule has 4 nitrogen and oxygen atoms in total. The summed E-state index contributed by atoms with van der Waals surface area (Å²) in [6.07, 6.45) is -2.85. The van der Waals surface area contributed by atoms with Crippen LogP contribution < -0.4 is 5.32 Å². The third-order valence-electron chi connectivity index (χ3n) is 2.30. The van der Waals surface area contributed by atoms with Crippen LogP contribution in [0.4, 0.5) is 13.2 Å². The summed E-state index contributed by atoms with van der Waals surface area (Å²) in [6, 6.07) is 4.89. The predicted octanol–water partition coefficient (Wildman–Crippen LogP) is 2.01. The smallest absolute Gasteiger partial charge is 0.314 e. The van der Waals surface area contributed by atoms with Crippen molar-refractivity contribution in [3.8, 4) is 5.69 Å². The minimum Gasteiger partial charge on any atom is -0.314 e. The van der Waals surface area contributed by atoms with Gasteiger partial charge in [0.1, 0.15) is 0 Å². The molecule has 0 atom stereocenters. The molecular weight excluding hydrogens is 245 g/mol. The number of rotatable bonds is 3. The summed E-state index contributed by atoms with van der Waals surface area (Å²) in [6.45, 7) is 0.513. The second-order valence-corrected chi connectivity index (χ2v) is 3.70. The van der Waals surface area contributed by atoms with Crippen molar-refractivity contribution in [2.45, 2.75) is 12.7 Å². The number of hydrogen-bond donors (Lipinski definition) is 1. The normalized spacial score (nSPS) is 11.8. The SMILES string of the molecule is CNCc1cnn(-c2cccc(C(F)(F)F)c2)n1. The summed E-state index contributed by atoms with van der Waals surface area (Å²) in [7, 11) is 1.75. The molecule has 0 aliphatic carbocycles. The van der Waals surface area contributed by atoms with E-state index in [0.717, 1.165) is 12.1 Å². The molecular formula is C11H11F3N4. The van der Waals surface area contributed by atoms with Gasteiger partial charge in [-0.05, 0) is 25.2 Å². The zero-order valence-electron chi connectivity index (χ0n) is 9.57. The minimum absolute atomic E-state index is 0.284. The number of benzene rings is 1. The van der Waals surface area contributed by atoms with E-state index in [9.17, 15) is 13.2 Å². The van der Waals surface area contributed by atoms with Gasteiger partial charge in [-0.25, -0.2) is 0 Å². The van der Waals surface area contributed by atoms with E-state index in [1.165, 1.54) is 23.1 Å². The van der Waals surface area contributed by atoms with Gasteiger partial charge < -0.3 is 5.32 Å². The van der Waals surface area contributed by atoms with Crippen LogP contribution in [0.25, 0.3) is 5.69 Å². The highest BCUT2D eigenvalue weighted by atomic mass is 19.4. The minimum atomic E-state index is -4.36. The van der Waals surface area contributed by atoms with Crippen molar-refractivity contribution in [3.05, 3.63) is 41.7 Å². The molecule has 0 unspecified atom stereocenters. The van der Waals surface area contributed by atoms with Gasteiger partial charge in [-0.1, -0.05) is 6.07 Å². The number of nitrogens with one attached hydrogen (secondary N) is 1. The van der Waals surface area contributed by atoms with E-state index in [1.54, 1.807) is 7.05 Å². The van der Waals surface area contributed by atoms with Gasteiger partial charge in [-0.2, -0.15) is 28.2 Å². The standard InChI is InChI=1S/C11H11F3N4/c1-15-6-9-7-16-18(17-9)10-4-2-3-8(5-10)11(12,13)14/h2-5,7,15H,6H2,1H3. The average molecular weight is 256 g/mol. The molecule has 18 heavy (non-hydrogen) atoms. The Morgan fingerprint density at radius 2 is 2.11 bits per heavy atom. The molecule has 1 aromatic heterocycles. The second-order valence-electron chi connectivity index (χ2n) is 3.70. The van der Waals surface area contributed by atoms with Crippen molar-refractivity contribution in [2.75, 3.05) is 7.05 Å². The first-order chi connectivity index (χ1) is 8.50.